The zero-order valence-electron chi connectivity index (χ0n) is 3.14. The first-order valence-corrected chi connectivity index (χ1v) is 2.73. The van der Waals surface area contributed by atoms with Crippen molar-refractivity contribution in [1.82, 2.24) is 9.84 Å². The molecule has 2 heterocycles. The molecule has 0 radical (unpaired) electrons. The lowest BCUT2D eigenvalue weighted by molar-refractivity contribution is 0.575. The lowest BCUT2D eigenvalue weighted by Gasteiger charge is -1.88. The lowest BCUT2D eigenvalue weighted by Crippen LogP contribution is -2.05. The van der Waals surface area contributed by atoms with E-state index in [4.69, 9.17) is 0 Å². The van der Waals surface area contributed by atoms with Crippen molar-refractivity contribution >= 4 is 11.9 Å². The number of rotatable bonds is 0. The van der Waals surface area contributed by atoms with Gasteiger partial charge in [0.2, 0.25) is 0 Å². The average molecular weight is 100 g/mol. The van der Waals surface area contributed by atoms with Crippen molar-refractivity contribution in [2.45, 2.75) is 0 Å². The standard InChI is InChI=1S/C3H4N2S/c1-3-2-6-4-5(1)3/h2,4H,1H2. The van der Waals surface area contributed by atoms with E-state index in [2.05, 4.69) is 15.2 Å². The van der Waals surface area contributed by atoms with Crippen LogP contribution in [0.5, 0.6) is 0 Å². The van der Waals surface area contributed by atoms with E-state index >= 15 is 0 Å². The highest BCUT2D eigenvalue weighted by Crippen LogP contribution is 2.29. The molecule has 0 amide bonds. The van der Waals surface area contributed by atoms with Gasteiger partial charge in [0.25, 0.3) is 0 Å². The maximum Gasteiger partial charge on any atom is 0.0770 e. The Morgan fingerprint density at radius 1 is 2.00 bits per heavy atom. The van der Waals surface area contributed by atoms with Gasteiger partial charge in [-0.15, -0.1) is 0 Å². The largest absolute Gasteiger partial charge is 0.294 e. The summed E-state index contributed by atoms with van der Waals surface area (Å²) in [5.74, 6) is 0. The second kappa shape index (κ2) is 0.741. The molecule has 0 aromatic rings. The van der Waals surface area contributed by atoms with Gasteiger partial charge in [0.05, 0.1) is 12.2 Å². The third-order valence-corrected chi connectivity index (χ3v) is 1.64. The Labute approximate surface area is 40.3 Å². The summed E-state index contributed by atoms with van der Waals surface area (Å²) in [6, 6.07) is 0. The minimum Gasteiger partial charge on any atom is -0.294 e. The van der Waals surface area contributed by atoms with Crippen molar-refractivity contribution in [2.75, 3.05) is 6.54 Å². The van der Waals surface area contributed by atoms with Crippen LogP contribution < -0.4 is 4.83 Å². The summed E-state index contributed by atoms with van der Waals surface area (Å²) in [7, 11) is 0. The molecule has 2 rings (SSSR count). The van der Waals surface area contributed by atoms with Gasteiger partial charge in [-0.3, -0.25) is 5.01 Å². The number of hydrazine groups is 1. The Bertz CT molecular complexity index is 109. The molecule has 3 heteroatoms. The SMILES string of the molecule is C1=C2CN2NS1. The Hall–Kier alpha value is -0.150. The van der Waals surface area contributed by atoms with Crippen molar-refractivity contribution in [2.24, 2.45) is 0 Å². The van der Waals surface area contributed by atoms with Crippen LogP contribution in [0, 0.1) is 0 Å². The van der Waals surface area contributed by atoms with E-state index < -0.39 is 0 Å². The van der Waals surface area contributed by atoms with Gasteiger partial charge < -0.3 is 0 Å². The number of fused-ring (bicyclic) bond motifs is 1. The van der Waals surface area contributed by atoms with Crippen molar-refractivity contribution in [3.05, 3.63) is 11.1 Å². The second-order valence-electron chi connectivity index (χ2n) is 1.40. The Kier molecular flexibility index (Phi) is 0.362. The summed E-state index contributed by atoms with van der Waals surface area (Å²) < 4.78 is 0. The van der Waals surface area contributed by atoms with E-state index in [9.17, 15) is 0 Å². The molecule has 1 saturated heterocycles. The highest BCUT2D eigenvalue weighted by atomic mass is 32.2. The quantitative estimate of drug-likeness (QED) is 0.348. The maximum atomic E-state index is 3.05. The van der Waals surface area contributed by atoms with Gasteiger partial charge in [-0.1, -0.05) is 0 Å². The molecule has 1 N–H and O–H groups in total. The first kappa shape index (κ1) is 2.93. The highest BCUT2D eigenvalue weighted by molar-refractivity contribution is 8.00. The zero-order valence-corrected chi connectivity index (χ0v) is 3.96. The highest BCUT2D eigenvalue weighted by Gasteiger charge is 2.28. The Morgan fingerprint density at radius 2 is 3.00 bits per heavy atom. The Morgan fingerprint density at radius 3 is 3.17 bits per heavy atom. The van der Waals surface area contributed by atoms with Gasteiger partial charge >= 0.3 is 0 Å². The van der Waals surface area contributed by atoms with Crippen LogP contribution in [0.1, 0.15) is 0 Å². The molecule has 0 atom stereocenters. The fourth-order valence-corrected chi connectivity index (χ4v) is 1.18. The molecule has 0 aromatic carbocycles. The van der Waals surface area contributed by atoms with E-state index in [0.717, 1.165) is 6.54 Å². The normalized spacial score (nSPS) is 26.7. The maximum absolute atomic E-state index is 3.05. The van der Waals surface area contributed by atoms with E-state index in [-0.39, 0.29) is 0 Å². The molecule has 2 aliphatic rings. The second-order valence-corrected chi connectivity index (χ2v) is 2.06. The summed E-state index contributed by atoms with van der Waals surface area (Å²) in [5, 5.41) is 4.23. The number of hydrogen-bond acceptors (Lipinski definition) is 3. The van der Waals surface area contributed by atoms with Crippen LogP contribution in [0.3, 0.4) is 0 Å². The molecule has 6 heavy (non-hydrogen) atoms. The monoisotopic (exact) mass is 100 g/mol. The van der Waals surface area contributed by atoms with Crippen LogP contribution in [-0.4, -0.2) is 11.6 Å². The number of nitrogens with zero attached hydrogens (tertiary/aromatic N) is 1. The first-order chi connectivity index (χ1) is 2.97. The molecule has 0 aromatic heterocycles. The molecule has 0 bridgehead atoms. The predicted molar refractivity (Wildman–Crippen MR) is 25.5 cm³/mol. The number of hydrogen-bond donors (Lipinski definition) is 1. The molecule has 0 unspecified atom stereocenters. The molecule has 0 spiro atoms. The first-order valence-electron chi connectivity index (χ1n) is 1.85. The van der Waals surface area contributed by atoms with Crippen LogP contribution in [0.4, 0.5) is 0 Å². The van der Waals surface area contributed by atoms with Gasteiger partial charge in [-0.2, -0.15) is 4.83 Å². The van der Waals surface area contributed by atoms with Gasteiger partial charge in [0.1, 0.15) is 0 Å². The fourth-order valence-electron chi connectivity index (χ4n) is 0.476. The topological polar surface area (TPSA) is 15.0 Å². The predicted octanol–water partition coefficient (Wildman–Crippen LogP) is 0.310. The summed E-state index contributed by atoms with van der Waals surface area (Å²) in [6.07, 6.45) is 0. The van der Waals surface area contributed by atoms with Gasteiger partial charge in [-0.05, 0) is 11.9 Å². The minimum absolute atomic E-state index is 1.15. The number of nitrogens with one attached hydrogen (secondary N) is 1. The van der Waals surface area contributed by atoms with E-state index in [0.29, 0.717) is 0 Å². The van der Waals surface area contributed by atoms with Crippen molar-refractivity contribution in [1.29, 1.82) is 0 Å². The molecule has 2 nitrogen and oxygen atoms in total. The molecule has 0 aliphatic carbocycles. The average Bonchev–Trinajstić information content (AvgIpc) is 2.17. The lowest BCUT2D eigenvalue weighted by atomic mass is 10.8. The summed E-state index contributed by atoms with van der Waals surface area (Å²) in [6.45, 7) is 1.15. The molecular weight excluding hydrogens is 96.1 g/mol. The van der Waals surface area contributed by atoms with Gasteiger partial charge in [-0.25, -0.2) is 0 Å². The molecular formula is C3H4N2S. The third kappa shape index (κ3) is 0.223. The van der Waals surface area contributed by atoms with Crippen LogP contribution >= 0.6 is 11.9 Å². The van der Waals surface area contributed by atoms with Crippen LogP contribution in [0.25, 0.3) is 0 Å². The fraction of sp³-hybridized carbons (Fsp3) is 0.333. The summed E-state index contributed by atoms with van der Waals surface area (Å²) >= 11 is 1.65. The van der Waals surface area contributed by atoms with E-state index in [1.807, 2.05) is 0 Å². The van der Waals surface area contributed by atoms with Crippen LogP contribution in [0.2, 0.25) is 0 Å². The molecule has 32 valence electrons. The zero-order chi connectivity index (χ0) is 3.98. The van der Waals surface area contributed by atoms with Gasteiger partial charge in [0.15, 0.2) is 0 Å². The van der Waals surface area contributed by atoms with Crippen molar-refractivity contribution in [3.8, 4) is 0 Å². The molecule has 1 fully saturated rings. The van der Waals surface area contributed by atoms with E-state index in [1.165, 1.54) is 5.70 Å². The summed E-state index contributed by atoms with van der Waals surface area (Å²) in [4.78, 5) is 3.05. The summed E-state index contributed by atoms with van der Waals surface area (Å²) in [5.41, 5.74) is 1.43. The van der Waals surface area contributed by atoms with E-state index in [1.54, 1.807) is 11.9 Å². The van der Waals surface area contributed by atoms with Crippen molar-refractivity contribution in [3.63, 3.8) is 0 Å². The smallest absolute Gasteiger partial charge is 0.0770 e. The van der Waals surface area contributed by atoms with Crippen molar-refractivity contribution < 1.29 is 0 Å². The molecule has 0 saturated carbocycles. The minimum atomic E-state index is 1.15. The van der Waals surface area contributed by atoms with Crippen LogP contribution in [0.15, 0.2) is 11.1 Å². The molecule has 2 aliphatic heterocycles. The van der Waals surface area contributed by atoms with Crippen LogP contribution in [-0.2, 0) is 0 Å². The third-order valence-electron chi connectivity index (χ3n) is 0.921. The van der Waals surface area contributed by atoms with Gasteiger partial charge in [0, 0.05) is 5.41 Å². The Balaban J connectivity index is 2.35.